The van der Waals surface area contributed by atoms with Gasteiger partial charge in [-0.25, -0.2) is 0 Å². The van der Waals surface area contributed by atoms with Crippen LogP contribution >= 0.6 is 0 Å². The van der Waals surface area contributed by atoms with E-state index in [-0.39, 0.29) is 11.9 Å². The van der Waals surface area contributed by atoms with Crippen LogP contribution in [0.5, 0.6) is 0 Å². The van der Waals surface area contributed by atoms with E-state index in [0.717, 1.165) is 6.42 Å². The van der Waals surface area contributed by atoms with Gasteiger partial charge in [0.15, 0.2) is 0 Å². The van der Waals surface area contributed by atoms with Crippen LogP contribution in [-0.2, 0) is 4.79 Å². The maximum atomic E-state index is 11.1. The van der Waals surface area contributed by atoms with Crippen LogP contribution in [0.15, 0.2) is 24.3 Å². The first-order valence-electron chi connectivity index (χ1n) is 4.30. The molecule has 0 aliphatic rings. The molecule has 0 aromatic carbocycles. The zero-order valence-corrected chi connectivity index (χ0v) is 8.00. The summed E-state index contributed by atoms with van der Waals surface area (Å²) in [5.74, 6) is -0.0255. The van der Waals surface area contributed by atoms with Crippen molar-refractivity contribution in [3.63, 3.8) is 0 Å². The van der Waals surface area contributed by atoms with Crippen LogP contribution < -0.4 is 5.32 Å². The van der Waals surface area contributed by atoms with Gasteiger partial charge in [0.1, 0.15) is 0 Å². The molecular formula is C10H17NO. The summed E-state index contributed by atoms with van der Waals surface area (Å²) in [5.41, 5.74) is 0. The smallest absolute Gasteiger partial charge is 0.244 e. The van der Waals surface area contributed by atoms with Crippen molar-refractivity contribution in [2.45, 2.75) is 33.2 Å². The summed E-state index contributed by atoms with van der Waals surface area (Å²) < 4.78 is 0. The van der Waals surface area contributed by atoms with E-state index < -0.39 is 0 Å². The van der Waals surface area contributed by atoms with Crippen molar-refractivity contribution in [2.24, 2.45) is 0 Å². The molecule has 0 aliphatic carbocycles. The molecule has 1 atom stereocenters. The second kappa shape index (κ2) is 6.65. The van der Waals surface area contributed by atoms with Crippen LogP contribution in [0.2, 0.25) is 0 Å². The van der Waals surface area contributed by atoms with Gasteiger partial charge in [-0.05, 0) is 20.3 Å². The lowest BCUT2D eigenvalue weighted by Crippen LogP contribution is -2.30. The van der Waals surface area contributed by atoms with Gasteiger partial charge in [0.25, 0.3) is 0 Å². The highest BCUT2D eigenvalue weighted by atomic mass is 16.1. The highest BCUT2D eigenvalue weighted by Crippen LogP contribution is 1.87. The Balaban J connectivity index is 3.73. The second-order valence-corrected chi connectivity index (χ2v) is 2.70. The molecule has 0 bridgehead atoms. The van der Waals surface area contributed by atoms with Gasteiger partial charge in [0.05, 0.1) is 0 Å². The zero-order valence-electron chi connectivity index (χ0n) is 8.00. The minimum absolute atomic E-state index is 0.0255. The van der Waals surface area contributed by atoms with Crippen molar-refractivity contribution in [3.8, 4) is 0 Å². The van der Waals surface area contributed by atoms with E-state index in [9.17, 15) is 4.79 Å². The van der Waals surface area contributed by atoms with E-state index in [1.807, 2.05) is 32.9 Å². The standard InChI is InChI=1S/C10H17NO/c1-4-6-7-8-10(12)11-9(3)5-2/h4,6-9H,5H2,1-3H3,(H,11,12). The summed E-state index contributed by atoms with van der Waals surface area (Å²) in [6, 6.07) is 0.257. The van der Waals surface area contributed by atoms with Crippen LogP contribution in [0, 0.1) is 0 Å². The number of amides is 1. The zero-order chi connectivity index (χ0) is 9.40. The van der Waals surface area contributed by atoms with Crippen LogP contribution in [-0.4, -0.2) is 11.9 Å². The minimum atomic E-state index is -0.0255. The molecular weight excluding hydrogens is 150 g/mol. The third-order valence-electron chi connectivity index (χ3n) is 1.55. The third kappa shape index (κ3) is 5.71. The lowest BCUT2D eigenvalue weighted by molar-refractivity contribution is -0.117. The third-order valence-corrected chi connectivity index (χ3v) is 1.55. The summed E-state index contributed by atoms with van der Waals surface area (Å²) >= 11 is 0. The molecule has 0 aliphatic heterocycles. The van der Waals surface area contributed by atoms with Crippen LogP contribution in [0.25, 0.3) is 0 Å². The minimum Gasteiger partial charge on any atom is -0.350 e. The molecule has 0 heterocycles. The molecule has 2 heteroatoms. The topological polar surface area (TPSA) is 29.1 Å². The van der Waals surface area contributed by atoms with Gasteiger partial charge in [-0.15, -0.1) is 0 Å². The lowest BCUT2D eigenvalue weighted by Gasteiger charge is -2.07. The number of hydrogen-bond donors (Lipinski definition) is 1. The first-order valence-corrected chi connectivity index (χ1v) is 4.30. The Morgan fingerprint density at radius 1 is 1.50 bits per heavy atom. The van der Waals surface area contributed by atoms with Crippen molar-refractivity contribution >= 4 is 5.91 Å². The van der Waals surface area contributed by atoms with Crippen LogP contribution in [0.3, 0.4) is 0 Å². The molecule has 0 fully saturated rings. The highest BCUT2D eigenvalue weighted by Gasteiger charge is 1.99. The SMILES string of the molecule is CC=CC=CC(=O)NC(C)CC. The van der Waals surface area contributed by atoms with Gasteiger partial charge in [-0.2, -0.15) is 0 Å². The first-order chi connectivity index (χ1) is 5.70. The molecule has 12 heavy (non-hydrogen) atoms. The van der Waals surface area contributed by atoms with Gasteiger partial charge in [0, 0.05) is 12.1 Å². The molecule has 0 aromatic heterocycles. The highest BCUT2D eigenvalue weighted by molar-refractivity contribution is 5.87. The molecule has 1 amide bonds. The second-order valence-electron chi connectivity index (χ2n) is 2.70. The molecule has 0 radical (unpaired) electrons. The predicted molar refractivity (Wildman–Crippen MR) is 51.8 cm³/mol. The Morgan fingerprint density at radius 3 is 2.67 bits per heavy atom. The predicted octanol–water partition coefficient (Wildman–Crippen LogP) is 2.03. The fourth-order valence-corrected chi connectivity index (χ4v) is 0.647. The molecule has 1 unspecified atom stereocenters. The Kier molecular flexibility index (Phi) is 6.07. The average Bonchev–Trinajstić information content (AvgIpc) is 2.05. The van der Waals surface area contributed by atoms with E-state index in [2.05, 4.69) is 5.32 Å². The van der Waals surface area contributed by atoms with Gasteiger partial charge >= 0.3 is 0 Å². The lowest BCUT2D eigenvalue weighted by atomic mass is 10.2. The van der Waals surface area contributed by atoms with Gasteiger partial charge < -0.3 is 5.32 Å². The van der Waals surface area contributed by atoms with Crippen molar-refractivity contribution in [1.82, 2.24) is 5.32 Å². The summed E-state index contributed by atoms with van der Waals surface area (Å²) in [6.45, 7) is 5.94. The molecule has 2 nitrogen and oxygen atoms in total. The number of hydrogen-bond acceptors (Lipinski definition) is 1. The van der Waals surface area contributed by atoms with Crippen LogP contribution in [0.4, 0.5) is 0 Å². The van der Waals surface area contributed by atoms with E-state index in [4.69, 9.17) is 0 Å². The number of rotatable bonds is 4. The monoisotopic (exact) mass is 167 g/mol. The maximum Gasteiger partial charge on any atom is 0.244 e. The van der Waals surface area contributed by atoms with Gasteiger partial charge in [0.2, 0.25) is 5.91 Å². The maximum absolute atomic E-state index is 11.1. The molecule has 0 aromatic rings. The molecule has 0 rings (SSSR count). The number of nitrogens with one attached hydrogen (secondary N) is 1. The van der Waals surface area contributed by atoms with Crippen molar-refractivity contribution in [3.05, 3.63) is 24.3 Å². The molecule has 0 spiro atoms. The Hall–Kier alpha value is -1.05. The normalized spacial score (nSPS) is 13.9. The van der Waals surface area contributed by atoms with Crippen molar-refractivity contribution in [2.75, 3.05) is 0 Å². The van der Waals surface area contributed by atoms with Gasteiger partial charge in [-0.3, -0.25) is 4.79 Å². The van der Waals surface area contributed by atoms with Crippen LogP contribution in [0.1, 0.15) is 27.2 Å². The molecule has 0 saturated heterocycles. The van der Waals surface area contributed by atoms with Gasteiger partial charge in [-0.1, -0.05) is 25.2 Å². The number of allylic oxidation sites excluding steroid dienone is 3. The number of carbonyl (C=O) groups is 1. The number of carbonyl (C=O) groups excluding carboxylic acids is 1. The van der Waals surface area contributed by atoms with E-state index in [1.165, 1.54) is 6.08 Å². The Bertz CT molecular complexity index is 182. The first kappa shape index (κ1) is 11.0. The summed E-state index contributed by atoms with van der Waals surface area (Å²) in [4.78, 5) is 11.1. The van der Waals surface area contributed by atoms with E-state index in [0.29, 0.717) is 0 Å². The summed E-state index contributed by atoms with van der Waals surface area (Å²) in [5, 5.41) is 2.83. The van der Waals surface area contributed by atoms with Crippen molar-refractivity contribution < 1.29 is 4.79 Å². The quantitative estimate of drug-likeness (QED) is 0.504. The molecule has 0 saturated carbocycles. The summed E-state index contributed by atoms with van der Waals surface area (Å²) in [7, 11) is 0. The molecule has 68 valence electrons. The van der Waals surface area contributed by atoms with Crippen molar-refractivity contribution in [1.29, 1.82) is 0 Å². The largest absolute Gasteiger partial charge is 0.350 e. The fraction of sp³-hybridized carbons (Fsp3) is 0.500. The Morgan fingerprint density at radius 2 is 2.17 bits per heavy atom. The molecule has 1 N–H and O–H groups in total. The summed E-state index contributed by atoms with van der Waals surface area (Å²) in [6.07, 6.45) is 7.94. The van der Waals surface area contributed by atoms with E-state index in [1.54, 1.807) is 6.08 Å². The van der Waals surface area contributed by atoms with E-state index >= 15 is 0 Å². The fourth-order valence-electron chi connectivity index (χ4n) is 0.647. The Labute approximate surface area is 74.4 Å². The average molecular weight is 167 g/mol.